The Morgan fingerprint density at radius 1 is 1.44 bits per heavy atom. The van der Waals surface area contributed by atoms with Gasteiger partial charge in [0.05, 0.1) is 19.3 Å². The maximum absolute atomic E-state index is 8.33. The van der Waals surface area contributed by atoms with Gasteiger partial charge in [-0.2, -0.15) is 0 Å². The van der Waals surface area contributed by atoms with E-state index in [-0.39, 0.29) is 37.2 Å². The number of nitrogens with zero attached hydrogens (tertiary/aromatic N) is 1. The predicted molar refractivity (Wildman–Crippen MR) is 69.4 cm³/mol. The lowest BCUT2D eigenvalue weighted by Gasteiger charge is -2.09. The summed E-state index contributed by atoms with van der Waals surface area (Å²) in [6.07, 6.45) is 0. The van der Waals surface area contributed by atoms with E-state index in [0.717, 1.165) is 11.4 Å². The van der Waals surface area contributed by atoms with Gasteiger partial charge in [0.15, 0.2) is 5.84 Å². The number of methoxy groups -OCH3 is 1. The molecule has 1 aromatic carbocycles. The Hall–Kier alpha value is -1.33. The molecule has 16 heavy (non-hydrogen) atoms. The van der Waals surface area contributed by atoms with E-state index < -0.39 is 0 Å². The van der Waals surface area contributed by atoms with Crippen molar-refractivity contribution in [2.75, 3.05) is 19.0 Å². The van der Waals surface area contributed by atoms with Gasteiger partial charge < -0.3 is 21.0 Å². The van der Waals surface area contributed by atoms with Gasteiger partial charge in [-0.25, -0.2) is 0 Å². The number of oxime groups is 1. The van der Waals surface area contributed by atoms with Gasteiger partial charge in [0.2, 0.25) is 0 Å². The Balaban J connectivity index is 0. The van der Waals surface area contributed by atoms with E-state index in [2.05, 4.69) is 10.5 Å². The smallest absolute Gasteiger partial charge is 0.158 e. The minimum atomic E-state index is 0. The Morgan fingerprint density at radius 2 is 2.06 bits per heavy atom. The largest absolute Gasteiger partial charge is 0.495 e. The molecule has 0 atom stereocenters. The highest BCUT2D eigenvalue weighted by Gasteiger charge is 2.00. The van der Waals surface area contributed by atoms with Crippen LogP contribution in [0.3, 0.4) is 0 Å². The van der Waals surface area contributed by atoms with Crippen molar-refractivity contribution < 1.29 is 9.94 Å². The molecular weight excluding hydrogens is 253 g/mol. The van der Waals surface area contributed by atoms with E-state index >= 15 is 0 Å². The average molecular weight is 268 g/mol. The van der Waals surface area contributed by atoms with Gasteiger partial charge in [0, 0.05) is 0 Å². The van der Waals surface area contributed by atoms with Crippen molar-refractivity contribution in [3.8, 4) is 5.75 Å². The van der Waals surface area contributed by atoms with E-state index in [9.17, 15) is 0 Å². The minimum Gasteiger partial charge on any atom is -0.495 e. The van der Waals surface area contributed by atoms with Gasteiger partial charge in [-0.3, -0.25) is 0 Å². The number of hydrogen-bond donors (Lipinski definition) is 3. The van der Waals surface area contributed by atoms with E-state index in [1.807, 2.05) is 24.3 Å². The first-order chi connectivity index (χ1) is 6.77. The number of nitrogens with one attached hydrogen (secondary N) is 1. The van der Waals surface area contributed by atoms with Gasteiger partial charge >= 0.3 is 0 Å². The van der Waals surface area contributed by atoms with Crippen LogP contribution in [0.4, 0.5) is 5.69 Å². The number of ether oxygens (including phenoxy) is 1. The van der Waals surface area contributed by atoms with Crippen molar-refractivity contribution in [3.63, 3.8) is 0 Å². The van der Waals surface area contributed by atoms with Crippen LogP contribution in [0, 0.1) is 0 Å². The molecule has 0 amide bonds. The Kier molecular flexibility index (Phi) is 9.54. The van der Waals surface area contributed by atoms with Gasteiger partial charge in [-0.05, 0) is 12.1 Å². The monoisotopic (exact) mass is 267 g/mol. The van der Waals surface area contributed by atoms with E-state index in [1.165, 1.54) is 0 Å². The van der Waals surface area contributed by atoms with Gasteiger partial charge in [-0.15, -0.1) is 24.8 Å². The molecule has 0 aliphatic heterocycles. The highest BCUT2D eigenvalue weighted by Crippen LogP contribution is 2.22. The minimum absolute atomic E-state index is 0. The number of benzene rings is 1. The molecule has 0 heterocycles. The summed E-state index contributed by atoms with van der Waals surface area (Å²) in [5.74, 6) is 0.842. The fourth-order valence-electron chi connectivity index (χ4n) is 1.01. The van der Waals surface area contributed by atoms with Crippen molar-refractivity contribution >= 4 is 36.3 Å². The van der Waals surface area contributed by atoms with Crippen molar-refractivity contribution in [1.82, 2.24) is 0 Å². The summed E-state index contributed by atoms with van der Waals surface area (Å²) in [5.41, 5.74) is 6.12. The first kappa shape index (κ1) is 17.1. The quantitative estimate of drug-likeness (QED) is 0.336. The standard InChI is InChI=1S/C9H13N3O2.2ClH/c1-14-8-5-3-2-4-7(8)11-6-9(10)12-13;;/h2-5,11,13H,6H2,1H3,(H2,10,12);2*1H. The molecule has 5 nitrogen and oxygen atoms in total. The molecule has 0 aliphatic rings. The third-order valence-electron chi connectivity index (χ3n) is 1.70. The van der Waals surface area contributed by atoms with Crippen LogP contribution < -0.4 is 15.8 Å². The van der Waals surface area contributed by atoms with Crippen LogP contribution in [-0.4, -0.2) is 24.7 Å². The number of anilines is 1. The number of hydrogen-bond acceptors (Lipinski definition) is 4. The molecule has 0 fully saturated rings. The lowest BCUT2D eigenvalue weighted by molar-refractivity contribution is 0.317. The summed E-state index contributed by atoms with van der Waals surface area (Å²) in [5, 5.41) is 14.2. The Morgan fingerprint density at radius 3 is 2.62 bits per heavy atom. The summed E-state index contributed by atoms with van der Waals surface area (Å²) < 4.78 is 5.11. The van der Waals surface area contributed by atoms with E-state index in [1.54, 1.807) is 7.11 Å². The van der Waals surface area contributed by atoms with Crippen LogP contribution in [0.1, 0.15) is 0 Å². The molecule has 0 aromatic heterocycles. The fraction of sp³-hybridized carbons (Fsp3) is 0.222. The van der Waals surface area contributed by atoms with Crippen LogP contribution in [-0.2, 0) is 0 Å². The molecule has 1 aromatic rings. The molecule has 4 N–H and O–H groups in total. The van der Waals surface area contributed by atoms with E-state index in [0.29, 0.717) is 0 Å². The second kappa shape index (κ2) is 8.94. The molecule has 1 rings (SSSR count). The third-order valence-corrected chi connectivity index (χ3v) is 1.70. The number of para-hydroxylation sites is 2. The SMILES string of the molecule is COc1ccccc1NCC(N)=NO.Cl.Cl. The van der Waals surface area contributed by atoms with Gasteiger partial charge in [-0.1, -0.05) is 17.3 Å². The molecular formula is C9H15Cl2N3O2. The van der Waals surface area contributed by atoms with Crippen molar-refractivity contribution in [1.29, 1.82) is 0 Å². The van der Waals surface area contributed by atoms with Crippen LogP contribution >= 0.6 is 24.8 Å². The summed E-state index contributed by atoms with van der Waals surface area (Å²) in [7, 11) is 1.59. The number of amidine groups is 1. The van der Waals surface area contributed by atoms with Crippen LogP contribution in [0.2, 0.25) is 0 Å². The van der Waals surface area contributed by atoms with Gasteiger partial charge in [0.25, 0.3) is 0 Å². The first-order valence-electron chi connectivity index (χ1n) is 4.11. The fourth-order valence-corrected chi connectivity index (χ4v) is 1.01. The first-order valence-corrected chi connectivity index (χ1v) is 4.11. The summed E-state index contributed by atoms with van der Waals surface area (Å²) in [6.45, 7) is 0.275. The van der Waals surface area contributed by atoms with Crippen LogP contribution in [0.5, 0.6) is 5.75 Å². The van der Waals surface area contributed by atoms with Crippen molar-refractivity contribution in [2.45, 2.75) is 0 Å². The highest BCUT2D eigenvalue weighted by molar-refractivity contribution is 5.85. The van der Waals surface area contributed by atoms with Crippen LogP contribution in [0.25, 0.3) is 0 Å². The molecule has 0 saturated carbocycles. The zero-order valence-corrected chi connectivity index (χ0v) is 10.3. The molecule has 0 radical (unpaired) electrons. The summed E-state index contributed by atoms with van der Waals surface area (Å²) >= 11 is 0. The number of nitrogens with two attached hydrogens (primary N) is 1. The predicted octanol–water partition coefficient (Wildman–Crippen LogP) is 1.70. The van der Waals surface area contributed by atoms with Crippen molar-refractivity contribution in [2.24, 2.45) is 10.9 Å². The van der Waals surface area contributed by atoms with Gasteiger partial charge in [0.1, 0.15) is 5.75 Å². The maximum Gasteiger partial charge on any atom is 0.158 e. The van der Waals surface area contributed by atoms with Crippen LogP contribution in [0.15, 0.2) is 29.4 Å². The van der Waals surface area contributed by atoms with Crippen molar-refractivity contribution in [3.05, 3.63) is 24.3 Å². The second-order valence-corrected chi connectivity index (χ2v) is 2.65. The van der Waals surface area contributed by atoms with E-state index in [4.69, 9.17) is 15.7 Å². The number of rotatable bonds is 4. The number of halogens is 2. The zero-order valence-electron chi connectivity index (χ0n) is 8.71. The summed E-state index contributed by atoms with van der Waals surface area (Å²) in [4.78, 5) is 0. The highest BCUT2D eigenvalue weighted by atomic mass is 35.5. The lowest BCUT2D eigenvalue weighted by Crippen LogP contribution is -2.22. The molecule has 0 unspecified atom stereocenters. The average Bonchev–Trinajstić information content (AvgIpc) is 2.26. The Labute approximate surface area is 106 Å². The maximum atomic E-state index is 8.33. The zero-order chi connectivity index (χ0) is 10.4. The molecule has 0 spiro atoms. The normalized spacial score (nSPS) is 9.69. The molecule has 0 aliphatic carbocycles. The lowest BCUT2D eigenvalue weighted by atomic mass is 10.3. The molecule has 0 bridgehead atoms. The third kappa shape index (κ3) is 4.95. The molecule has 0 saturated heterocycles. The molecule has 7 heteroatoms. The second-order valence-electron chi connectivity index (χ2n) is 2.65. The molecule has 92 valence electrons. The summed E-state index contributed by atoms with van der Waals surface area (Å²) in [6, 6.07) is 7.42. The Bertz CT molecular complexity index is 334. The topological polar surface area (TPSA) is 79.9 Å².